The molecule has 0 spiro atoms. The van der Waals surface area contributed by atoms with Crippen molar-refractivity contribution in [2.75, 3.05) is 5.32 Å². The minimum absolute atomic E-state index is 0.126. The normalized spacial score (nSPS) is 10.5. The van der Waals surface area contributed by atoms with E-state index in [1.54, 1.807) is 31.2 Å². The fourth-order valence-corrected chi connectivity index (χ4v) is 2.58. The van der Waals surface area contributed by atoms with E-state index in [2.05, 4.69) is 10.3 Å². The average molecular weight is 354 g/mol. The van der Waals surface area contributed by atoms with Gasteiger partial charge >= 0.3 is 0 Å². The third kappa shape index (κ3) is 4.14. The van der Waals surface area contributed by atoms with Crippen LogP contribution in [0, 0.1) is 6.92 Å². The van der Waals surface area contributed by atoms with Gasteiger partial charge in [-0.05, 0) is 31.2 Å². The highest BCUT2D eigenvalue weighted by Crippen LogP contribution is 2.16. The summed E-state index contributed by atoms with van der Waals surface area (Å²) in [6.45, 7) is 1.63. The molecule has 3 rings (SSSR count). The zero-order valence-electron chi connectivity index (χ0n) is 13.6. The highest BCUT2D eigenvalue weighted by atomic mass is 35.5. The van der Waals surface area contributed by atoms with Crippen molar-refractivity contribution in [3.63, 3.8) is 0 Å². The Kier molecular flexibility index (Phi) is 4.95. The van der Waals surface area contributed by atoms with E-state index in [1.165, 1.54) is 10.6 Å². The molecule has 6 heteroatoms. The Morgan fingerprint density at radius 3 is 2.48 bits per heavy atom. The SMILES string of the molecule is Cc1cc(=O)n(CC(=O)Nc2ccc(Cl)cc2)c(-c2ccccc2)n1. The Morgan fingerprint density at radius 1 is 1.12 bits per heavy atom. The van der Waals surface area contributed by atoms with E-state index in [0.717, 1.165) is 5.56 Å². The summed E-state index contributed by atoms with van der Waals surface area (Å²) in [6.07, 6.45) is 0. The Bertz CT molecular complexity index is 951. The first-order valence-corrected chi connectivity index (χ1v) is 8.10. The molecule has 1 N–H and O–H groups in total. The summed E-state index contributed by atoms with van der Waals surface area (Å²) in [7, 11) is 0. The number of hydrogen-bond acceptors (Lipinski definition) is 3. The van der Waals surface area contributed by atoms with Crippen molar-refractivity contribution >= 4 is 23.2 Å². The lowest BCUT2D eigenvalue weighted by atomic mass is 10.2. The van der Waals surface area contributed by atoms with Crippen molar-refractivity contribution in [1.82, 2.24) is 9.55 Å². The number of carbonyl (C=O) groups excluding carboxylic acids is 1. The van der Waals surface area contributed by atoms with Gasteiger partial charge in [-0.1, -0.05) is 41.9 Å². The summed E-state index contributed by atoms with van der Waals surface area (Å²) < 4.78 is 1.37. The largest absolute Gasteiger partial charge is 0.325 e. The molecule has 0 bridgehead atoms. The number of aryl methyl sites for hydroxylation is 1. The summed E-state index contributed by atoms with van der Waals surface area (Å²) in [5.41, 5.74) is 1.74. The maximum atomic E-state index is 12.4. The monoisotopic (exact) mass is 353 g/mol. The molecular weight excluding hydrogens is 338 g/mol. The van der Waals surface area contributed by atoms with E-state index in [9.17, 15) is 9.59 Å². The molecule has 126 valence electrons. The lowest BCUT2D eigenvalue weighted by Gasteiger charge is -2.13. The van der Waals surface area contributed by atoms with Crippen LogP contribution in [0.5, 0.6) is 0 Å². The molecule has 1 amide bonds. The number of amides is 1. The lowest BCUT2D eigenvalue weighted by molar-refractivity contribution is -0.116. The van der Waals surface area contributed by atoms with Gasteiger partial charge < -0.3 is 5.32 Å². The quantitative estimate of drug-likeness (QED) is 0.780. The second kappa shape index (κ2) is 7.32. The van der Waals surface area contributed by atoms with Crippen molar-refractivity contribution in [2.45, 2.75) is 13.5 Å². The smallest absolute Gasteiger partial charge is 0.254 e. The number of aromatic nitrogens is 2. The average Bonchev–Trinajstić information content (AvgIpc) is 2.60. The zero-order valence-corrected chi connectivity index (χ0v) is 14.3. The second-order valence-electron chi connectivity index (χ2n) is 5.57. The number of benzene rings is 2. The molecular formula is C19H16ClN3O2. The van der Waals surface area contributed by atoms with Gasteiger partial charge in [0, 0.05) is 28.0 Å². The van der Waals surface area contributed by atoms with Crippen LogP contribution < -0.4 is 10.9 Å². The van der Waals surface area contributed by atoms with Crippen molar-refractivity contribution in [3.05, 3.63) is 81.7 Å². The number of anilines is 1. The first-order valence-electron chi connectivity index (χ1n) is 7.72. The van der Waals surface area contributed by atoms with Crippen LogP contribution in [-0.4, -0.2) is 15.5 Å². The number of rotatable bonds is 4. The van der Waals surface area contributed by atoms with Gasteiger partial charge in [-0.3, -0.25) is 14.2 Å². The Balaban J connectivity index is 1.90. The van der Waals surface area contributed by atoms with Gasteiger partial charge in [-0.25, -0.2) is 4.98 Å². The summed E-state index contributed by atoms with van der Waals surface area (Å²) in [4.78, 5) is 29.2. The molecule has 0 saturated heterocycles. The van der Waals surface area contributed by atoms with Gasteiger partial charge in [-0.2, -0.15) is 0 Å². The number of hydrogen-bond donors (Lipinski definition) is 1. The molecule has 0 fully saturated rings. The fraction of sp³-hybridized carbons (Fsp3) is 0.105. The van der Waals surface area contributed by atoms with E-state index in [4.69, 9.17) is 11.6 Å². The van der Waals surface area contributed by atoms with Crippen LogP contribution in [0.4, 0.5) is 5.69 Å². The van der Waals surface area contributed by atoms with Gasteiger partial charge in [0.1, 0.15) is 12.4 Å². The van der Waals surface area contributed by atoms with Crippen LogP contribution in [0.3, 0.4) is 0 Å². The van der Waals surface area contributed by atoms with Crippen LogP contribution in [0.25, 0.3) is 11.4 Å². The molecule has 2 aromatic carbocycles. The maximum absolute atomic E-state index is 12.4. The predicted octanol–water partition coefficient (Wildman–Crippen LogP) is 3.51. The molecule has 0 aliphatic rings. The van der Waals surface area contributed by atoms with Crippen molar-refractivity contribution < 1.29 is 4.79 Å². The Hall–Kier alpha value is -2.92. The third-order valence-electron chi connectivity index (χ3n) is 3.60. The second-order valence-corrected chi connectivity index (χ2v) is 6.00. The number of carbonyl (C=O) groups is 1. The van der Waals surface area contributed by atoms with Gasteiger partial charge in [0.05, 0.1) is 0 Å². The van der Waals surface area contributed by atoms with Crippen LogP contribution in [0.2, 0.25) is 5.02 Å². The fourth-order valence-electron chi connectivity index (χ4n) is 2.46. The number of nitrogens with one attached hydrogen (secondary N) is 1. The Morgan fingerprint density at radius 2 is 1.80 bits per heavy atom. The molecule has 25 heavy (non-hydrogen) atoms. The predicted molar refractivity (Wildman–Crippen MR) is 98.8 cm³/mol. The van der Waals surface area contributed by atoms with E-state index >= 15 is 0 Å². The van der Waals surface area contributed by atoms with Gasteiger partial charge in [0.2, 0.25) is 5.91 Å². The maximum Gasteiger partial charge on any atom is 0.254 e. The molecule has 0 saturated carbocycles. The summed E-state index contributed by atoms with van der Waals surface area (Å²) in [5.74, 6) is 0.157. The molecule has 1 heterocycles. The lowest BCUT2D eigenvalue weighted by Crippen LogP contribution is -2.29. The molecule has 1 aromatic heterocycles. The van der Waals surface area contributed by atoms with Gasteiger partial charge in [0.25, 0.3) is 5.56 Å². The zero-order chi connectivity index (χ0) is 17.8. The first kappa shape index (κ1) is 16.9. The van der Waals surface area contributed by atoms with E-state index < -0.39 is 0 Å². The Labute approximate surface area is 149 Å². The minimum Gasteiger partial charge on any atom is -0.325 e. The summed E-state index contributed by atoms with van der Waals surface area (Å²) in [5, 5.41) is 3.34. The van der Waals surface area contributed by atoms with Crippen molar-refractivity contribution in [2.24, 2.45) is 0 Å². The molecule has 0 aliphatic heterocycles. The van der Waals surface area contributed by atoms with Crippen molar-refractivity contribution in [1.29, 1.82) is 0 Å². The van der Waals surface area contributed by atoms with Crippen molar-refractivity contribution in [3.8, 4) is 11.4 Å². The van der Waals surface area contributed by atoms with Crippen LogP contribution in [-0.2, 0) is 11.3 Å². The molecule has 0 aliphatic carbocycles. The number of halogens is 1. The topological polar surface area (TPSA) is 64.0 Å². The first-order chi connectivity index (χ1) is 12.0. The minimum atomic E-state index is -0.313. The van der Waals surface area contributed by atoms with E-state index in [0.29, 0.717) is 22.2 Å². The molecule has 0 radical (unpaired) electrons. The molecule has 0 unspecified atom stereocenters. The van der Waals surface area contributed by atoms with E-state index in [1.807, 2.05) is 30.3 Å². The highest BCUT2D eigenvalue weighted by Gasteiger charge is 2.13. The third-order valence-corrected chi connectivity index (χ3v) is 3.85. The summed E-state index contributed by atoms with van der Waals surface area (Å²) >= 11 is 5.84. The molecule has 0 atom stereocenters. The summed E-state index contributed by atoms with van der Waals surface area (Å²) in [6, 6.07) is 17.5. The number of nitrogens with zero attached hydrogens (tertiary/aromatic N) is 2. The molecule has 5 nitrogen and oxygen atoms in total. The van der Waals surface area contributed by atoms with Gasteiger partial charge in [-0.15, -0.1) is 0 Å². The van der Waals surface area contributed by atoms with Gasteiger partial charge in [0.15, 0.2) is 0 Å². The molecule has 3 aromatic rings. The van der Waals surface area contributed by atoms with E-state index in [-0.39, 0.29) is 18.0 Å². The van der Waals surface area contributed by atoms with Crippen LogP contribution in [0.1, 0.15) is 5.69 Å². The van der Waals surface area contributed by atoms with Crippen LogP contribution in [0.15, 0.2) is 65.5 Å². The highest BCUT2D eigenvalue weighted by molar-refractivity contribution is 6.30. The standard InChI is InChI=1S/C19H16ClN3O2/c1-13-11-18(25)23(19(21-13)14-5-3-2-4-6-14)12-17(24)22-16-9-7-15(20)8-10-16/h2-11H,12H2,1H3,(H,22,24). The van der Waals surface area contributed by atoms with Crippen LogP contribution >= 0.6 is 11.6 Å².